The van der Waals surface area contributed by atoms with E-state index in [1.54, 1.807) is 25.1 Å². The monoisotopic (exact) mass is 293 g/mol. The zero-order chi connectivity index (χ0) is 15.6. The van der Waals surface area contributed by atoms with Crippen LogP contribution in [-0.4, -0.2) is 44.1 Å². The summed E-state index contributed by atoms with van der Waals surface area (Å²) in [5.41, 5.74) is 4.78. The number of nitrogens with one attached hydrogen (secondary N) is 1. The topological polar surface area (TPSA) is 93.9 Å². The van der Waals surface area contributed by atoms with Gasteiger partial charge in [0.2, 0.25) is 0 Å². The molecule has 0 bridgehead atoms. The van der Waals surface area contributed by atoms with Gasteiger partial charge in [-0.05, 0) is 25.1 Å². The molecular formula is C14H19N3O4. The van der Waals surface area contributed by atoms with Gasteiger partial charge >= 0.3 is 6.03 Å². The van der Waals surface area contributed by atoms with Gasteiger partial charge in [-0.1, -0.05) is 0 Å². The Bertz CT molecular complexity index is 575. The highest BCUT2D eigenvalue weighted by atomic mass is 16.5. The van der Waals surface area contributed by atoms with Crippen molar-refractivity contribution in [3.63, 3.8) is 0 Å². The highest BCUT2D eigenvalue weighted by Gasteiger charge is 2.50. The Morgan fingerprint density at radius 1 is 1.29 bits per heavy atom. The Labute approximate surface area is 123 Å². The molecule has 1 aliphatic rings. The summed E-state index contributed by atoms with van der Waals surface area (Å²) in [6.45, 7) is 2.03. The van der Waals surface area contributed by atoms with Gasteiger partial charge in [0.05, 0.1) is 14.2 Å². The molecule has 0 saturated carbocycles. The number of hydrogen-bond donors (Lipinski definition) is 2. The summed E-state index contributed by atoms with van der Waals surface area (Å²) in [4.78, 5) is 25.7. The van der Waals surface area contributed by atoms with Crippen LogP contribution in [0.15, 0.2) is 18.2 Å². The van der Waals surface area contributed by atoms with Crippen LogP contribution in [0.25, 0.3) is 0 Å². The van der Waals surface area contributed by atoms with Crippen molar-refractivity contribution >= 4 is 11.9 Å². The fourth-order valence-corrected chi connectivity index (χ4v) is 2.42. The maximum absolute atomic E-state index is 12.6. The van der Waals surface area contributed by atoms with Crippen LogP contribution in [0.5, 0.6) is 11.5 Å². The Hall–Kier alpha value is -2.28. The van der Waals surface area contributed by atoms with Crippen LogP contribution in [0.4, 0.5) is 4.79 Å². The second-order valence-electron chi connectivity index (χ2n) is 4.87. The molecule has 1 aliphatic heterocycles. The highest BCUT2D eigenvalue weighted by molar-refractivity contribution is 6.07. The van der Waals surface area contributed by atoms with Gasteiger partial charge in [0.25, 0.3) is 5.91 Å². The molecule has 0 aliphatic carbocycles. The summed E-state index contributed by atoms with van der Waals surface area (Å²) in [6, 6.07) is 4.65. The maximum atomic E-state index is 12.6. The second kappa shape index (κ2) is 5.61. The van der Waals surface area contributed by atoms with Crippen LogP contribution in [-0.2, 0) is 10.3 Å². The van der Waals surface area contributed by atoms with Crippen molar-refractivity contribution in [1.29, 1.82) is 0 Å². The van der Waals surface area contributed by atoms with Crippen molar-refractivity contribution in [1.82, 2.24) is 10.2 Å². The van der Waals surface area contributed by atoms with Crippen LogP contribution in [0.3, 0.4) is 0 Å². The molecule has 1 heterocycles. The minimum Gasteiger partial charge on any atom is -0.497 e. The van der Waals surface area contributed by atoms with Crippen molar-refractivity contribution in [3.8, 4) is 11.5 Å². The molecule has 7 nitrogen and oxygen atoms in total. The summed E-state index contributed by atoms with van der Waals surface area (Å²) < 4.78 is 10.5. The number of hydrogen-bond acceptors (Lipinski definition) is 5. The average molecular weight is 293 g/mol. The molecule has 0 radical (unpaired) electrons. The van der Waals surface area contributed by atoms with E-state index in [0.717, 1.165) is 4.90 Å². The van der Waals surface area contributed by atoms with Crippen LogP contribution in [0.2, 0.25) is 0 Å². The minimum absolute atomic E-state index is 0.173. The van der Waals surface area contributed by atoms with E-state index in [2.05, 4.69) is 5.32 Å². The number of carbonyl (C=O) groups excluding carboxylic acids is 2. The number of benzene rings is 1. The summed E-state index contributed by atoms with van der Waals surface area (Å²) in [5.74, 6) is 0.720. The van der Waals surface area contributed by atoms with Gasteiger partial charge in [0.1, 0.15) is 17.0 Å². The first kappa shape index (κ1) is 15.1. The predicted octanol–water partition coefficient (Wildman–Crippen LogP) is 0.430. The molecular weight excluding hydrogens is 274 g/mol. The largest absolute Gasteiger partial charge is 0.497 e. The lowest BCUT2D eigenvalue weighted by atomic mass is 9.91. The molecule has 7 heteroatoms. The molecule has 0 spiro atoms. The average Bonchev–Trinajstić information content (AvgIpc) is 2.71. The van der Waals surface area contributed by atoms with E-state index >= 15 is 0 Å². The molecule has 1 fully saturated rings. The molecule has 1 atom stereocenters. The maximum Gasteiger partial charge on any atom is 0.325 e. The van der Waals surface area contributed by atoms with E-state index in [0.29, 0.717) is 17.1 Å². The summed E-state index contributed by atoms with van der Waals surface area (Å²) in [6.07, 6.45) is 0. The Kier molecular flexibility index (Phi) is 4.04. The third-order valence-electron chi connectivity index (χ3n) is 3.57. The van der Waals surface area contributed by atoms with Gasteiger partial charge in [-0.25, -0.2) is 4.79 Å². The molecule has 2 rings (SSSR count). The summed E-state index contributed by atoms with van der Waals surface area (Å²) in [7, 11) is 3.04. The molecule has 21 heavy (non-hydrogen) atoms. The zero-order valence-corrected chi connectivity index (χ0v) is 12.3. The molecule has 0 aromatic heterocycles. The summed E-state index contributed by atoms with van der Waals surface area (Å²) in [5, 5.41) is 2.70. The van der Waals surface area contributed by atoms with Gasteiger partial charge in [0.15, 0.2) is 0 Å². The normalized spacial score (nSPS) is 21.4. The number of urea groups is 1. The number of nitrogens with two attached hydrogens (primary N) is 1. The lowest BCUT2D eigenvalue weighted by Gasteiger charge is -2.24. The molecule has 3 amide bonds. The van der Waals surface area contributed by atoms with Crippen molar-refractivity contribution in [2.45, 2.75) is 12.5 Å². The second-order valence-corrected chi connectivity index (χ2v) is 4.87. The smallest absolute Gasteiger partial charge is 0.325 e. The third kappa shape index (κ3) is 2.40. The van der Waals surface area contributed by atoms with Crippen molar-refractivity contribution < 1.29 is 19.1 Å². The van der Waals surface area contributed by atoms with Gasteiger partial charge in [-0.2, -0.15) is 0 Å². The minimum atomic E-state index is -1.20. The number of amides is 3. The SMILES string of the molecule is COc1ccc(OC)c(C2(C)NC(=O)N(CCN)C2=O)c1. The third-order valence-corrected chi connectivity index (χ3v) is 3.57. The first-order valence-electron chi connectivity index (χ1n) is 6.54. The van der Waals surface area contributed by atoms with E-state index in [-0.39, 0.29) is 19.0 Å². The Morgan fingerprint density at radius 3 is 2.57 bits per heavy atom. The van der Waals surface area contributed by atoms with Gasteiger partial charge in [0, 0.05) is 18.7 Å². The quantitative estimate of drug-likeness (QED) is 0.768. The van der Waals surface area contributed by atoms with Gasteiger partial charge in [-0.15, -0.1) is 0 Å². The van der Waals surface area contributed by atoms with Crippen LogP contribution < -0.4 is 20.5 Å². The number of imide groups is 1. The number of ether oxygens (including phenoxy) is 2. The van der Waals surface area contributed by atoms with Crippen molar-refractivity contribution in [2.24, 2.45) is 5.73 Å². The van der Waals surface area contributed by atoms with E-state index in [4.69, 9.17) is 15.2 Å². The van der Waals surface area contributed by atoms with Crippen LogP contribution in [0, 0.1) is 0 Å². The number of nitrogens with zero attached hydrogens (tertiary/aromatic N) is 1. The Balaban J connectivity index is 2.49. The molecule has 1 unspecified atom stereocenters. The first-order chi connectivity index (χ1) is 9.97. The highest BCUT2D eigenvalue weighted by Crippen LogP contribution is 2.37. The van der Waals surface area contributed by atoms with Crippen molar-refractivity contribution in [2.75, 3.05) is 27.3 Å². The standard InChI is InChI=1S/C14H19N3O4/c1-14(12(18)17(7-6-15)13(19)16-14)10-8-9(20-2)4-5-11(10)21-3/h4-5,8H,6-7,15H2,1-3H3,(H,16,19). The molecule has 1 aromatic rings. The van der Waals surface area contributed by atoms with E-state index in [1.807, 2.05) is 0 Å². The fourth-order valence-electron chi connectivity index (χ4n) is 2.42. The summed E-state index contributed by atoms with van der Waals surface area (Å²) >= 11 is 0. The fraction of sp³-hybridized carbons (Fsp3) is 0.429. The molecule has 1 saturated heterocycles. The molecule has 1 aromatic carbocycles. The first-order valence-corrected chi connectivity index (χ1v) is 6.54. The van der Waals surface area contributed by atoms with Gasteiger partial charge < -0.3 is 20.5 Å². The predicted molar refractivity (Wildman–Crippen MR) is 76.2 cm³/mol. The van der Waals surface area contributed by atoms with E-state index < -0.39 is 11.6 Å². The van der Waals surface area contributed by atoms with Crippen LogP contribution >= 0.6 is 0 Å². The van der Waals surface area contributed by atoms with Gasteiger partial charge in [-0.3, -0.25) is 9.69 Å². The van der Waals surface area contributed by atoms with E-state index in [1.165, 1.54) is 14.2 Å². The number of methoxy groups -OCH3 is 2. The van der Waals surface area contributed by atoms with E-state index in [9.17, 15) is 9.59 Å². The molecule has 3 N–H and O–H groups in total. The van der Waals surface area contributed by atoms with Crippen molar-refractivity contribution in [3.05, 3.63) is 23.8 Å². The number of carbonyl (C=O) groups is 2. The lowest BCUT2D eigenvalue weighted by molar-refractivity contribution is -0.131. The molecule has 114 valence electrons. The lowest BCUT2D eigenvalue weighted by Crippen LogP contribution is -2.41. The zero-order valence-electron chi connectivity index (χ0n) is 12.3. The van der Waals surface area contributed by atoms with Crippen LogP contribution in [0.1, 0.15) is 12.5 Å². The Morgan fingerprint density at radius 2 is 2.00 bits per heavy atom. The number of rotatable bonds is 5.